The molecule has 0 fully saturated rings. The van der Waals surface area contributed by atoms with Gasteiger partial charge in [-0.1, -0.05) is 22.0 Å². The van der Waals surface area contributed by atoms with E-state index in [0.29, 0.717) is 19.3 Å². The summed E-state index contributed by atoms with van der Waals surface area (Å²) in [6.45, 7) is 1.23. The van der Waals surface area contributed by atoms with Gasteiger partial charge in [0, 0.05) is 17.6 Å². The number of hydrogen-bond donors (Lipinski definition) is 1. The number of hydroxylamine groups is 1. The first-order valence-electron chi connectivity index (χ1n) is 5.93. The lowest BCUT2D eigenvalue weighted by Gasteiger charge is -2.25. The van der Waals surface area contributed by atoms with Crippen molar-refractivity contribution in [2.75, 3.05) is 20.3 Å². The molecule has 2 rings (SSSR count). The van der Waals surface area contributed by atoms with Gasteiger partial charge in [-0.2, -0.15) is 5.48 Å². The SMILES string of the molecule is COCCONC1CCc2cc(Br)ccc2C1. The van der Waals surface area contributed by atoms with Crippen LogP contribution in [0.2, 0.25) is 0 Å². The Bertz CT molecular complexity index is 370. The first kappa shape index (κ1) is 13.0. The fraction of sp³-hybridized carbons (Fsp3) is 0.538. The number of hydrogen-bond acceptors (Lipinski definition) is 3. The third-order valence-corrected chi connectivity index (χ3v) is 3.53. The number of rotatable bonds is 5. The number of aryl methyl sites for hydroxylation is 1. The highest BCUT2D eigenvalue weighted by Gasteiger charge is 2.18. The van der Waals surface area contributed by atoms with E-state index in [-0.39, 0.29) is 0 Å². The van der Waals surface area contributed by atoms with Gasteiger partial charge >= 0.3 is 0 Å². The summed E-state index contributed by atoms with van der Waals surface area (Å²) in [7, 11) is 1.68. The molecule has 1 atom stereocenters. The third kappa shape index (κ3) is 3.78. The van der Waals surface area contributed by atoms with Crippen molar-refractivity contribution in [2.45, 2.75) is 25.3 Å². The van der Waals surface area contributed by atoms with Gasteiger partial charge in [-0.3, -0.25) is 4.84 Å². The largest absolute Gasteiger partial charge is 0.382 e. The van der Waals surface area contributed by atoms with Gasteiger partial charge in [-0.05, 0) is 42.5 Å². The lowest BCUT2D eigenvalue weighted by molar-refractivity contribution is -0.0141. The molecule has 0 aliphatic heterocycles. The zero-order valence-corrected chi connectivity index (χ0v) is 11.6. The molecule has 0 heterocycles. The van der Waals surface area contributed by atoms with E-state index in [9.17, 15) is 0 Å². The summed E-state index contributed by atoms with van der Waals surface area (Å²) in [5.41, 5.74) is 6.00. The molecule has 1 aliphatic carbocycles. The lowest BCUT2D eigenvalue weighted by Crippen LogP contribution is -2.35. The average Bonchev–Trinajstić information content (AvgIpc) is 2.35. The second-order valence-corrected chi connectivity index (χ2v) is 5.23. The van der Waals surface area contributed by atoms with Crippen LogP contribution in [0.5, 0.6) is 0 Å². The van der Waals surface area contributed by atoms with Crippen LogP contribution >= 0.6 is 15.9 Å². The molecule has 0 spiro atoms. The minimum Gasteiger partial charge on any atom is -0.382 e. The highest BCUT2D eigenvalue weighted by molar-refractivity contribution is 9.10. The van der Waals surface area contributed by atoms with Crippen molar-refractivity contribution in [1.29, 1.82) is 0 Å². The van der Waals surface area contributed by atoms with E-state index in [1.165, 1.54) is 15.6 Å². The fourth-order valence-electron chi connectivity index (χ4n) is 2.13. The lowest BCUT2D eigenvalue weighted by atomic mass is 9.89. The standard InChI is InChI=1S/C13H18BrNO2/c1-16-6-7-17-15-13-5-3-10-8-12(14)4-2-11(10)9-13/h2,4,8,13,15H,3,5-7,9H2,1H3. The Morgan fingerprint density at radius 3 is 3.06 bits per heavy atom. The van der Waals surface area contributed by atoms with Gasteiger partial charge in [0.2, 0.25) is 0 Å². The highest BCUT2D eigenvalue weighted by Crippen LogP contribution is 2.24. The third-order valence-electron chi connectivity index (χ3n) is 3.04. The summed E-state index contributed by atoms with van der Waals surface area (Å²) in [6, 6.07) is 6.94. The summed E-state index contributed by atoms with van der Waals surface area (Å²) < 4.78 is 6.10. The van der Waals surface area contributed by atoms with Crippen molar-refractivity contribution in [3.8, 4) is 0 Å². The molecule has 1 aromatic rings. The smallest absolute Gasteiger partial charge is 0.0915 e. The molecule has 4 heteroatoms. The van der Waals surface area contributed by atoms with Gasteiger partial charge in [0.1, 0.15) is 0 Å². The molecule has 94 valence electrons. The first-order valence-corrected chi connectivity index (χ1v) is 6.72. The van der Waals surface area contributed by atoms with Crippen LogP contribution in [0.15, 0.2) is 22.7 Å². The van der Waals surface area contributed by atoms with Crippen LogP contribution in [0.4, 0.5) is 0 Å². The molecular weight excluding hydrogens is 282 g/mol. The quantitative estimate of drug-likeness (QED) is 0.669. The average molecular weight is 300 g/mol. The van der Waals surface area contributed by atoms with E-state index in [4.69, 9.17) is 9.57 Å². The van der Waals surface area contributed by atoms with Crippen molar-refractivity contribution >= 4 is 15.9 Å². The highest BCUT2D eigenvalue weighted by atomic mass is 79.9. The number of benzene rings is 1. The maximum Gasteiger partial charge on any atom is 0.0915 e. The Morgan fingerprint density at radius 2 is 2.24 bits per heavy atom. The zero-order valence-electron chi connectivity index (χ0n) is 10.0. The summed E-state index contributed by atoms with van der Waals surface area (Å²) in [5, 5.41) is 0. The maximum atomic E-state index is 5.37. The zero-order chi connectivity index (χ0) is 12.1. The summed E-state index contributed by atoms with van der Waals surface area (Å²) in [6.07, 6.45) is 3.27. The Morgan fingerprint density at radius 1 is 1.35 bits per heavy atom. The van der Waals surface area contributed by atoms with E-state index >= 15 is 0 Å². The van der Waals surface area contributed by atoms with Gasteiger partial charge in [0.05, 0.1) is 13.2 Å². The summed E-state index contributed by atoms with van der Waals surface area (Å²) in [5.74, 6) is 0. The van der Waals surface area contributed by atoms with Gasteiger partial charge < -0.3 is 4.74 Å². The predicted octanol–water partition coefficient (Wildman–Crippen LogP) is 2.47. The first-order chi connectivity index (χ1) is 8.29. The molecule has 0 radical (unpaired) electrons. The fourth-order valence-corrected chi connectivity index (χ4v) is 2.53. The molecule has 1 aliphatic rings. The topological polar surface area (TPSA) is 30.5 Å². The molecule has 3 nitrogen and oxygen atoms in total. The van der Waals surface area contributed by atoms with Crippen LogP contribution < -0.4 is 5.48 Å². The second-order valence-electron chi connectivity index (χ2n) is 4.31. The number of nitrogens with one attached hydrogen (secondary N) is 1. The molecular formula is C13H18BrNO2. The predicted molar refractivity (Wildman–Crippen MR) is 70.9 cm³/mol. The van der Waals surface area contributed by atoms with Crippen molar-refractivity contribution < 1.29 is 9.57 Å². The molecule has 1 unspecified atom stereocenters. The van der Waals surface area contributed by atoms with E-state index < -0.39 is 0 Å². The van der Waals surface area contributed by atoms with Crippen molar-refractivity contribution in [3.05, 3.63) is 33.8 Å². The molecule has 0 amide bonds. The van der Waals surface area contributed by atoms with Crippen LogP contribution in [0.3, 0.4) is 0 Å². The molecule has 17 heavy (non-hydrogen) atoms. The van der Waals surface area contributed by atoms with Gasteiger partial charge in [0.15, 0.2) is 0 Å². The minimum absolute atomic E-state index is 0.417. The van der Waals surface area contributed by atoms with Crippen molar-refractivity contribution in [2.24, 2.45) is 0 Å². The minimum atomic E-state index is 0.417. The Hall–Kier alpha value is -0.420. The van der Waals surface area contributed by atoms with Crippen LogP contribution in [0.25, 0.3) is 0 Å². The summed E-state index contributed by atoms with van der Waals surface area (Å²) in [4.78, 5) is 5.37. The number of halogens is 1. The van der Waals surface area contributed by atoms with Crippen LogP contribution in [-0.4, -0.2) is 26.4 Å². The molecule has 0 saturated heterocycles. The molecule has 0 bridgehead atoms. The molecule has 0 aromatic heterocycles. The van der Waals surface area contributed by atoms with Crippen LogP contribution in [-0.2, 0) is 22.4 Å². The molecule has 1 aromatic carbocycles. The number of fused-ring (bicyclic) bond motifs is 1. The van der Waals surface area contributed by atoms with Gasteiger partial charge in [-0.15, -0.1) is 0 Å². The Balaban J connectivity index is 1.84. The Kier molecular flexibility index (Phi) is 4.98. The van der Waals surface area contributed by atoms with Gasteiger partial charge in [0.25, 0.3) is 0 Å². The monoisotopic (exact) mass is 299 g/mol. The normalized spacial score (nSPS) is 19.1. The van der Waals surface area contributed by atoms with Crippen molar-refractivity contribution in [3.63, 3.8) is 0 Å². The molecule has 0 saturated carbocycles. The van der Waals surface area contributed by atoms with E-state index in [0.717, 1.165) is 19.3 Å². The Labute approximate surface area is 111 Å². The van der Waals surface area contributed by atoms with E-state index in [1.807, 2.05) is 0 Å². The van der Waals surface area contributed by atoms with Gasteiger partial charge in [-0.25, -0.2) is 0 Å². The second kappa shape index (κ2) is 6.50. The number of ether oxygens (including phenoxy) is 1. The van der Waals surface area contributed by atoms with Crippen molar-refractivity contribution in [1.82, 2.24) is 5.48 Å². The number of methoxy groups -OCH3 is 1. The van der Waals surface area contributed by atoms with E-state index in [1.54, 1.807) is 7.11 Å². The molecule has 1 N–H and O–H groups in total. The maximum absolute atomic E-state index is 5.37. The van der Waals surface area contributed by atoms with E-state index in [2.05, 4.69) is 39.6 Å². The summed E-state index contributed by atoms with van der Waals surface area (Å²) >= 11 is 3.51. The van der Waals surface area contributed by atoms with Crippen LogP contribution in [0, 0.1) is 0 Å². The van der Waals surface area contributed by atoms with Crippen LogP contribution in [0.1, 0.15) is 17.5 Å².